The first-order valence-electron chi connectivity index (χ1n) is 6.63. The zero-order chi connectivity index (χ0) is 12.4. The van der Waals surface area contributed by atoms with Crippen LogP contribution in [0.4, 0.5) is 5.82 Å². The van der Waals surface area contributed by atoms with E-state index in [1.165, 1.54) is 23.6 Å². The first kappa shape index (κ1) is 11.5. The van der Waals surface area contributed by atoms with Crippen LogP contribution in [0.5, 0.6) is 0 Å². The molecule has 94 valence electrons. The smallest absolute Gasteiger partial charge is 0.129 e. The molecule has 1 aromatic heterocycles. The maximum Gasteiger partial charge on any atom is 0.129 e. The predicted molar refractivity (Wildman–Crippen MR) is 76.0 cm³/mol. The highest BCUT2D eigenvalue weighted by Crippen LogP contribution is 2.22. The number of rotatable bonds is 2. The van der Waals surface area contributed by atoms with Gasteiger partial charge in [-0.3, -0.25) is 0 Å². The van der Waals surface area contributed by atoms with Crippen molar-refractivity contribution in [1.82, 2.24) is 10.3 Å². The Morgan fingerprint density at radius 1 is 1.17 bits per heavy atom. The van der Waals surface area contributed by atoms with Gasteiger partial charge < -0.3 is 10.2 Å². The highest BCUT2D eigenvalue weighted by Gasteiger charge is 2.18. The molecule has 1 aliphatic rings. The number of hydrogen-bond acceptors (Lipinski definition) is 3. The number of anilines is 1. The minimum atomic E-state index is 0.611. The summed E-state index contributed by atoms with van der Waals surface area (Å²) >= 11 is 0. The lowest BCUT2D eigenvalue weighted by molar-refractivity contribution is 0.442. The molecule has 0 amide bonds. The van der Waals surface area contributed by atoms with Crippen LogP contribution in [0.1, 0.15) is 12.8 Å². The van der Waals surface area contributed by atoms with E-state index < -0.39 is 0 Å². The molecule has 0 atom stereocenters. The third-order valence-corrected chi connectivity index (χ3v) is 3.83. The van der Waals surface area contributed by atoms with Gasteiger partial charge in [0.05, 0.1) is 0 Å². The van der Waals surface area contributed by atoms with Crippen LogP contribution in [0.25, 0.3) is 10.8 Å². The molecule has 3 rings (SSSR count). The minimum absolute atomic E-state index is 0.611. The van der Waals surface area contributed by atoms with Gasteiger partial charge in [-0.2, -0.15) is 0 Å². The second-order valence-corrected chi connectivity index (χ2v) is 4.98. The maximum atomic E-state index is 4.59. The van der Waals surface area contributed by atoms with E-state index >= 15 is 0 Å². The van der Waals surface area contributed by atoms with Crippen molar-refractivity contribution in [3.05, 3.63) is 36.5 Å². The number of aromatic nitrogens is 1. The molecule has 3 heteroatoms. The third-order valence-electron chi connectivity index (χ3n) is 3.83. The average Bonchev–Trinajstić information content (AvgIpc) is 2.47. The van der Waals surface area contributed by atoms with Crippen LogP contribution in [0.2, 0.25) is 0 Å². The van der Waals surface area contributed by atoms with E-state index in [0.717, 1.165) is 18.9 Å². The second-order valence-electron chi connectivity index (χ2n) is 4.98. The van der Waals surface area contributed by atoms with E-state index in [1.807, 2.05) is 6.20 Å². The Bertz CT molecular complexity index is 532. The van der Waals surface area contributed by atoms with Gasteiger partial charge in [-0.1, -0.05) is 24.3 Å². The molecule has 0 saturated carbocycles. The largest absolute Gasteiger partial charge is 0.357 e. The molecule has 18 heavy (non-hydrogen) atoms. The van der Waals surface area contributed by atoms with Crippen molar-refractivity contribution in [2.45, 2.75) is 18.9 Å². The molecule has 1 fully saturated rings. The summed E-state index contributed by atoms with van der Waals surface area (Å²) in [5.41, 5.74) is 0. The molecule has 1 saturated heterocycles. The molecule has 0 radical (unpaired) electrons. The van der Waals surface area contributed by atoms with Gasteiger partial charge in [-0.15, -0.1) is 0 Å². The van der Waals surface area contributed by atoms with Gasteiger partial charge in [0, 0.05) is 24.7 Å². The summed E-state index contributed by atoms with van der Waals surface area (Å²) in [6.45, 7) is 2.23. The summed E-state index contributed by atoms with van der Waals surface area (Å²) < 4.78 is 0. The van der Waals surface area contributed by atoms with E-state index in [4.69, 9.17) is 0 Å². The van der Waals surface area contributed by atoms with E-state index in [9.17, 15) is 0 Å². The number of pyridine rings is 1. The molecular formula is C15H19N3. The summed E-state index contributed by atoms with van der Waals surface area (Å²) in [6.07, 6.45) is 4.37. The van der Waals surface area contributed by atoms with Crippen molar-refractivity contribution < 1.29 is 0 Å². The highest BCUT2D eigenvalue weighted by molar-refractivity contribution is 5.83. The quantitative estimate of drug-likeness (QED) is 0.875. The normalized spacial score (nSPS) is 16.9. The summed E-state index contributed by atoms with van der Waals surface area (Å²) in [6, 6.07) is 11.2. The van der Waals surface area contributed by atoms with Crippen LogP contribution in [0.15, 0.2) is 36.5 Å². The lowest BCUT2D eigenvalue weighted by Crippen LogP contribution is -2.41. The summed E-state index contributed by atoms with van der Waals surface area (Å²) in [4.78, 5) is 6.91. The minimum Gasteiger partial charge on any atom is -0.357 e. The fraction of sp³-hybridized carbons (Fsp3) is 0.400. The SMILES string of the molecule is CN(c1cc2ccccc2cn1)C1CCNCC1. The van der Waals surface area contributed by atoms with Gasteiger partial charge in [-0.05, 0) is 37.4 Å². The van der Waals surface area contributed by atoms with Gasteiger partial charge in [0.15, 0.2) is 0 Å². The second kappa shape index (κ2) is 4.94. The topological polar surface area (TPSA) is 28.2 Å². The van der Waals surface area contributed by atoms with Gasteiger partial charge in [-0.25, -0.2) is 4.98 Å². The predicted octanol–water partition coefficient (Wildman–Crippen LogP) is 2.42. The fourth-order valence-corrected chi connectivity index (χ4v) is 2.65. The summed E-state index contributed by atoms with van der Waals surface area (Å²) in [7, 11) is 2.16. The molecule has 0 bridgehead atoms. The number of nitrogens with one attached hydrogen (secondary N) is 1. The van der Waals surface area contributed by atoms with Gasteiger partial charge in [0.1, 0.15) is 5.82 Å². The number of fused-ring (bicyclic) bond motifs is 1. The summed E-state index contributed by atoms with van der Waals surface area (Å²) in [5.74, 6) is 1.08. The molecule has 1 aromatic carbocycles. The molecule has 1 aliphatic heterocycles. The van der Waals surface area contributed by atoms with Crippen LogP contribution in [0.3, 0.4) is 0 Å². The molecule has 2 aromatic rings. The third kappa shape index (κ3) is 2.18. The zero-order valence-electron chi connectivity index (χ0n) is 10.8. The van der Waals surface area contributed by atoms with E-state index in [-0.39, 0.29) is 0 Å². The van der Waals surface area contributed by atoms with E-state index in [0.29, 0.717) is 6.04 Å². The van der Waals surface area contributed by atoms with Crippen LogP contribution >= 0.6 is 0 Å². The van der Waals surface area contributed by atoms with Crippen molar-refractivity contribution in [3.63, 3.8) is 0 Å². The average molecular weight is 241 g/mol. The van der Waals surface area contributed by atoms with Crippen molar-refractivity contribution in [3.8, 4) is 0 Å². The number of benzene rings is 1. The fourth-order valence-electron chi connectivity index (χ4n) is 2.65. The zero-order valence-corrected chi connectivity index (χ0v) is 10.8. The summed E-state index contributed by atoms with van der Waals surface area (Å²) in [5, 5.41) is 5.88. The number of hydrogen-bond donors (Lipinski definition) is 1. The van der Waals surface area contributed by atoms with E-state index in [1.54, 1.807) is 0 Å². The van der Waals surface area contributed by atoms with Crippen molar-refractivity contribution >= 4 is 16.6 Å². The van der Waals surface area contributed by atoms with E-state index in [2.05, 4.69) is 52.6 Å². The van der Waals surface area contributed by atoms with Gasteiger partial charge >= 0.3 is 0 Å². The van der Waals surface area contributed by atoms with Crippen LogP contribution in [-0.2, 0) is 0 Å². The lowest BCUT2D eigenvalue weighted by Gasteiger charge is -2.32. The van der Waals surface area contributed by atoms with Gasteiger partial charge in [0.25, 0.3) is 0 Å². The molecule has 1 N–H and O–H groups in total. The standard InChI is InChI=1S/C15H19N3/c1-18(14-6-8-16-9-7-14)15-10-12-4-2-3-5-13(12)11-17-15/h2-5,10-11,14,16H,6-9H2,1H3. The Labute approximate surface area is 108 Å². The maximum absolute atomic E-state index is 4.59. The molecule has 0 spiro atoms. The Kier molecular flexibility index (Phi) is 3.15. The first-order valence-corrected chi connectivity index (χ1v) is 6.63. The molecule has 0 unspecified atom stereocenters. The Morgan fingerprint density at radius 3 is 2.67 bits per heavy atom. The van der Waals surface area contributed by atoms with Crippen LogP contribution in [0, 0.1) is 0 Å². The van der Waals surface area contributed by atoms with Crippen LogP contribution in [-0.4, -0.2) is 31.2 Å². The Balaban J connectivity index is 1.88. The lowest BCUT2D eigenvalue weighted by atomic mass is 10.1. The van der Waals surface area contributed by atoms with Crippen molar-refractivity contribution in [2.24, 2.45) is 0 Å². The van der Waals surface area contributed by atoms with Gasteiger partial charge in [0.2, 0.25) is 0 Å². The number of piperidine rings is 1. The first-order chi connectivity index (χ1) is 8.84. The monoisotopic (exact) mass is 241 g/mol. The molecular weight excluding hydrogens is 222 g/mol. The van der Waals surface area contributed by atoms with Crippen molar-refractivity contribution in [1.29, 1.82) is 0 Å². The van der Waals surface area contributed by atoms with Crippen molar-refractivity contribution in [2.75, 3.05) is 25.0 Å². The molecule has 0 aliphatic carbocycles. The highest BCUT2D eigenvalue weighted by atomic mass is 15.2. The van der Waals surface area contributed by atoms with Crippen LogP contribution < -0.4 is 10.2 Å². The molecule has 3 nitrogen and oxygen atoms in total. The Morgan fingerprint density at radius 2 is 1.89 bits per heavy atom. The Hall–Kier alpha value is -1.61. The molecule has 2 heterocycles. The number of nitrogens with zero attached hydrogens (tertiary/aromatic N) is 2.